The zero-order valence-electron chi connectivity index (χ0n) is 11.7. The molecule has 1 aliphatic rings. The van der Waals surface area contributed by atoms with Gasteiger partial charge in [0.15, 0.2) is 5.82 Å². The Morgan fingerprint density at radius 1 is 1.32 bits per heavy atom. The molecule has 1 aromatic heterocycles. The third kappa shape index (κ3) is 4.29. The van der Waals surface area contributed by atoms with Gasteiger partial charge in [0, 0.05) is 46.4 Å². The third-order valence-electron chi connectivity index (χ3n) is 3.18. The summed E-state index contributed by atoms with van der Waals surface area (Å²) >= 11 is 0. The second-order valence-electron chi connectivity index (χ2n) is 4.70. The van der Waals surface area contributed by atoms with E-state index in [-0.39, 0.29) is 0 Å². The lowest BCUT2D eigenvalue weighted by molar-refractivity contribution is 0.197. The molecule has 2 rings (SSSR count). The molecule has 7 nitrogen and oxygen atoms in total. The number of ether oxygens (including phenoxy) is 1. The zero-order valence-corrected chi connectivity index (χ0v) is 11.7. The van der Waals surface area contributed by atoms with Crippen molar-refractivity contribution in [1.82, 2.24) is 20.1 Å². The molecular weight excluding hydrogens is 244 g/mol. The molecule has 7 heteroatoms. The Morgan fingerprint density at radius 2 is 2.11 bits per heavy atom. The van der Waals surface area contributed by atoms with E-state index in [2.05, 4.69) is 37.3 Å². The highest BCUT2D eigenvalue weighted by molar-refractivity contribution is 5.40. The van der Waals surface area contributed by atoms with Crippen LogP contribution in [-0.4, -0.2) is 73.6 Å². The number of anilines is 2. The molecule has 0 spiro atoms. The molecule has 0 aliphatic carbocycles. The average Bonchev–Trinajstić information content (AvgIpc) is 2.45. The minimum Gasteiger partial charge on any atom is -0.385 e. The molecular formula is C12H22N6O. The normalized spacial score (nSPS) is 16.6. The molecule has 1 aromatic rings. The van der Waals surface area contributed by atoms with Crippen molar-refractivity contribution in [2.24, 2.45) is 0 Å². The lowest BCUT2D eigenvalue weighted by Crippen LogP contribution is -2.44. The summed E-state index contributed by atoms with van der Waals surface area (Å²) in [6.07, 6.45) is 2.66. The maximum absolute atomic E-state index is 5.00. The van der Waals surface area contributed by atoms with Crippen LogP contribution in [0.1, 0.15) is 6.42 Å². The highest BCUT2D eigenvalue weighted by Crippen LogP contribution is 2.12. The van der Waals surface area contributed by atoms with Gasteiger partial charge in [-0.15, -0.1) is 5.10 Å². The van der Waals surface area contributed by atoms with Gasteiger partial charge in [0.25, 0.3) is 0 Å². The van der Waals surface area contributed by atoms with Gasteiger partial charge in [-0.3, -0.25) is 0 Å². The van der Waals surface area contributed by atoms with Crippen molar-refractivity contribution in [3.8, 4) is 0 Å². The average molecular weight is 266 g/mol. The molecule has 106 valence electrons. The molecule has 1 aliphatic heterocycles. The fourth-order valence-electron chi connectivity index (χ4n) is 1.97. The quantitative estimate of drug-likeness (QED) is 0.731. The number of hydrogen-bond donors (Lipinski definition) is 1. The number of piperazine rings is 1. The van der Waals surface area contributed by atoms with E-state index < -0.39 is 0 Å². The van der Waals surface area contributed by atoms with Gasteiger partial charge in [0.2, 0.25) is 5.95 Å². The molecule has 0 amide bonds. The van der Waals surface area contributed by atoms with Crippen molar-refractivity contribution >= 4 is 11.8 Å². The van der Waals surface area contributed by atoms with Crippen molar-refractivity contribution in [1.29, 1.82) is 0 Å². The SMILES string of the molecule is COCCCNc1nncc(N2CCN(C)CC2)n1. The molecule has 1 fully saturated rings. The van der Waals surface area contributed by atoms with E-state index in [0.717, 1.165) is 51.6 Å². The van der Waals surface area contributed by atoms with Crippen LogP contribution in [0.25, 0.3) is 0 Å². The van der Waals surface area contributed by atoms with Crippen LogP contribution in [0.2, 0.25) is 0 Å². The lowest BCUT2D eigenvalue weighted by Gasteiger charge is -2.32. The molecule has 1 N–H and O–H groups in total. The first-order chi connectivity index (χ1) is 9.29. The maximum Gasteiger partial charge on any atom is 0.244 e. The summed E-state index contributed by atoms with van der Waals surface area (Å²) in [7, 11) is 3.84. The zero-order chi connectivity index (χ0) is 13.5. The van der Waals surface area contributed by atoms with E-state index in [0.29, 0.717) is 5.95 Å². The predicted octanol–water partition coefficient (Wildman–Crippen LogP) is 0.0718. The molecule has 2 heterocycles. The van der Waals surface area contributed by atoms with Crippen molar-refractivity contribution in [3.63, 3.8) is 0 Å². The van der Waals surface area contributed by atoms with Gasteiger partial charge in [0.05, 0.1) is 6.20 Å². The van der Waals surface area contributed by atoms with Gasteiger partial charge < -0.3 is 19.9 Å². The molecule has 0 atom stereocenters. The topological polar surface area (TPSA) is 66.4 Å². The molecule has 0 saturated carbocycles. The fourth-order valence-corrected chi connectivity index (χ4v) is 1.97. The third-order valence-corrected chi connectivity index (χ3v) is 3.18. The van der Waals surface area contributed by atoms with E-state index in [9.17, 15) is 0 Å². The summed E-state index contributed by atoms with van der Waals surface area (Å²) in [4.78, 5) is 9.06. The van der Waals surface area contributed by atoms with Crippen LogP contribution >= 0.6 is 0 Å². The number of nitrogens with one attached hydrogen (secondary N) is 1. The second kappa shape index (κ2) is 7.20. The minimum atomic E-state index is 0.590. The van der Waals surface area contributed by atoms with Crippen LogP contribution < -0.4 is 10.2 Å². The van der Waals surface area contributed by atoms with Crippen molar-refractivity contribution in [2.75, 3.05) is 63.7 Å². The van der Waals surface area contributed by atoms with E-state index >= 15 is 0 Å². The Hall–Kier alpha value is -1.47. The largest absolute Gasteiger partial charge is 0.385 e. The number of rotatable bonds is 6. The number of nitrogens with zero attached hydrogens (tertiary/aromatic N) is 5. The molecule has 0 radical (unpaired) electrons. The summed E-state index contributed by atoms with van der Waals surface area (Å²) in [6, 6.07) is 0. The number of likely N-dealkylation sites (N-methyl/N-ethyl adjacent to an activating group) is 1. The van der Waals surface area contributed by atoms with Crippen molar-refractivity contribution < 1.29 is 4.74 Å². The number of methoxy groups -OCH3 is 1. The monoisotopic (exact) mass is 266 g/mol. The van der Waals surface area contributed by atoms with Gasteiger partial charge in [-0.1, -0.05) is 0 Å². The highest BCUT2D eigenvalue weighted by Gasteiger charge is 2.16. The second-order valence-corrected chi connectivity index (χ2v) is 4.70. The maximum atomic E-state index is 5.00. The summed E-state index contributed by atoms with van der Waals surface area (Å²) in [6.45, 7) is 5.61. The van der Waals surface area contributed by atoms with Gasteiger partial charge in [0.1, 0.15) is 0 Å². The molecule has 0 aromatic carbocycles. The highest BCUT2D eigenvalue weighted by atomic mass is 16.5. The lowest BCUT2D eigenvalue weighted by atomic mass is 10.3. The Balaban J connectivity index is 1.87. The first-order valence-electron chi connectivity index (χ1n) is 6.65. The Labute approximate surface area is 114 Å². The van der Waals surface area contributed by atoms with Gasteiger partial charge >= 0.3 is 0 Å². The Bertz CT molecular complexity index is 380. The van der Waals surface area contributed by atoms with Gasteiger partial charge in [-0.2, -0.15) is 10.1 Å². The van der Waals surface area contributed by atoms with Gasteiger partial charge in [-0.25, -0.2) is 0 Å². The van der Waals surface area contributed by atoms with Crippen LogP contribution in [-0.2, 0) is 4.74 Å². The van der Waals surface area contributed by atoms with Crippen LogP contribution in [0.15, 0.2) is 6.20 Å². The van der Waals surface area contributed by atoms with Crippen LogP contribution in [0.3, 0.4) is 0 Å². The van der Waals surface area contributed by atoms with Crippen molar-refractivity contribution in [2.45, 2.75) is 6.42 Å². The Morgan fingerprint density at radius 3 is 2.84 bits per heavy atom. The fraction of sp³-hybridized carbons (Fsp3) is 0.750. The molecule has 1 saturated heterocycles. The van der Waals surface area contributed by atoms with Crippen LogP contribution in [0, 0.1) is 0 Å². The molecule has 19 heavy (non-hydrogen) atoms. The number of aromatic nitrogens is 3. The predicted molar refractivity (Wildman–Crippen MR) is 74.5 cm³/mol. The minimum absolute atomic E-state index is 0.590. The first-order valence-corrected chi connectivity index (χ1v) is 6.65. The number of hydrogen-bond acceptors (Lipinski definition) is 7. The van der Waals surface area contributed by atoms with Crippen LogP contribution in [0.4, 0.5) is 11.8 Å². The van der Waals surface area contributed by atoms with E-state index in [4.69, 9.17) is 4.74 Å². The van der Waals surface area contributed by atoms with E-state index in [1.165, 1.54) is 0 Å². The van der Waals surface area contributed by atoms with Crippen molar-refractivity contribution in [3.05, 3.63) is 6.20 Å². The summed E-state index contributed by atoms with van der Waals surface area (Å²) in [5, 5.41) is 11.2. The smallest absolute Gasteiger partial charge is 0.244 e. The van der Waals surface area contributed by atoms with Crippen LogP contribution in [0.5, 0.6) is 0 Å². The first kappa shape index (κ1) is 14.0. The van der Waals surface area contributed by atoms with E-state index in [1.54, 1.807) is 13.3 Å². The molecule has 0 bridgehead atoms. The van der Waals surface area contributed by atoms with E-state index in [1.807, 2.05) is 0 Å². The van der Waals surface area contributed by atoms with Gasteiger partial charge in [-0.05, 0) is 13.5 Å². The molecule has 0 unspecified atom stereocenters. The summed E-state index contributed by atoms with van der Waals surface area (Å²) in [5.74, 6) is 1.49. The summed E-state index contributed by atoms with van der Waals surface area (Å²) in [5.41, 5.74) is 0. The standard InChI is InChI=1S/C12H22N6O/c1-17-5-7-18(8-6-17)11-10-14-16-12(15-11)13-4-3-9-19-2/h10H,3-9H2,1-2H3,(H,13,15,16). The summed E-state index contributed by atoms with van der Waals surface area (Å²) < 4.78 is 5.00. The Kier molecular flexibility index (Phi) is 5.29.